The number of nitrogens with two attached hydrogens (primary N) is 1. The van der Waals surface area contributed by atoms with Crippen LogP contribution in [0.1, 0.15) is 33.1 Å². The third kappa shape index (κ3) is 4.24. The molecule has 0 unspecified atom stereocenters. The van der Waals surface area contributed by atoms with Crippen molar-refractivity contribution in [3.05, 3.63) is 0 Å². The summed E-state index contributed by atoms with van der Waals surface area (Å²) in [6.07, 6.45) is 2.58. The maximum absolute atomic E-state index is 11.3. The molecule has 1 aliphatic rings. The normalized spacial score (nSPS) is 19.9. The van der Waals surface area contributed by atoms with Gasteiger partial charge in [0.25, 0.3) is 0 Å². The van der Waals surface area contributed by atoms with Gasteiger partial charge in [-0.3, -0.25) is 4.79 Å². The predicted octanol–water partition coefficient (Wildman–Crippen LogP) is 0.901. The summed E-state index contributed by atoms with van der Waals surface area (Å²) in [7, 11) is 0. The Morgan fingerprint density at radius 2 is 2.06 bits per heavy atom. The molecule has 1 heterocycles. The van der Waals surface area contributed by atoms with Crippen LogP contribution in [0.15, 0.2) is 0 Å². The van der Waals surface area contributed by atoms with Gasteiger partial charge in [-0.05, 0) is 32.9 Å². The third-order valence-corrected chi connectivity index (χ3v) is 4.08. The molecule has 0 aromatic heterocycles. The van der Waals surface area contributed by atoms with Crippen LogP contribution in [0.4, 0.5) is 0 Å². The summed E-state index contributed by atoms with van der Waals surface area (Å²) in [5.74, 6) is 0.134. The van der Waals surface area contributed by atoms with E-state index >= 15 is 0 Å². The van der Waals surface area contributed by atoms with Crippen LogP contribution < -0.4 is 11.1 Å². The van der Waals surface area contributed by atoms with Gasteiger partial charge in [0.15, 0.2) is 0 Å². The summed E-state index contributed by atoms with van der Waals surface area (Å²) >= 11 is 5.10. The van der Waals surface area contributed by atoms with Crippen molar-refractivity contribution in [3.63, 3.8) is 0 Å². The lowest BCUT2D eigenvalue weighted by molar-refractivity contribution is -0.121. The van der Waals surface area contributed by atoms with Crippen molar-refractivity contribution in [3.8, 4) is 0 Å². The van der Waals surface area contributed by atoms with E-state index < -0.39 is 0 Å². The second-order valence-corrected chi connectivity index (χ2v) is 5.41. The third-order valence-electron chi connectivity index (χ3n) is 3.58. The van der Waals surface area contributed by atoms with Crippen LogP contribution in [0.5, 0.6) is 0 Å². The summed E-state index contributed by atoms with van der Waals surface area (Å²) < 4.78 is 0. The highest BCUT2D eigenvalue weighted by atomic mass is 32.1. The van der Waals surface area contributed by atoms with E-state index in [9.17, 15) is 4.79 Å². The van der Waals surface area contributed by atoms with Gasteiger partial charge in [0.1, 0.15) is 0 Å². The fourth-order valence-electron chi connectivity index (χ4n) is 2.06. The zero-order valence-electron chi connectivity index (χ0n) is 10.8. The molecule has 5 heteroatoms. The first-order chi connectivity index (χ1) is 7.98. The van der Waals surface area contributed by atoms with Crippen LogP contribution >= 0.6 is 12.2 Å². The molecule has 98 valence electrons. The fourth-order valence-corrected chi connectivity index (χ4v) is 2.27. The number of carbonyl (C=O) groups is 1. The van der Waals surface area contributed by atoms with Gasteiger partial charge in [-0.1, -0.05) is 19.1 Å². The van der Waals surface area contributed by atoms with Gasteiger partial charge in [-0.2, -0.15) is 0 Å². The Labute approximate surface area is 109 Å². The largest absolute Gasteiger partial charge is 0.393 e. The first-order valence-corrected chi connectivity index (χ1v) is 6.68. The standard InChI is InChI=1S/C12H23N3OS/c1-3-14-10(16)4-7-15-8-5-12(2,6-9-15)11(13)17/h3-9H2,1-2H3,(H2,13,17)(H,14,16). The molecule has 0 spiro atoms. The van der Waals surface area contributed by atoms with Crippen molar-refractivity contribution in [1.82, 2.24) is 10.2 Å². The molecule has 4 nitrogen and oxygen atoms in total. The number of nitrogens with zero attached hydrogens (tertiary/aromatic N) is 1. The van der Waals surface area contributed by atoms with Crippen molar-refractivity contribution in [1.29, 1.82) is 0 Å². The highest BCUT2D eigenvalue weighted by molar-refractivity contribution is 7.80. The number of likely N-dealkylation sites (tertiary alicyclic amines) is 1. The number of hydrogen-bond donors (Lipinski definition) is 2. The molecule has 1 rings (SSSR count). The van der Waals surface area contributed by atoms with E-state index in [0.717, 1.165) is 32.5 Å². The number of carbonyl (C=O) groups excluding carboxylic acids is 1. The summed E-state index contributed by atoms with van der Waals surface area (Å²) in [5, 5.41) is 2.81. The maximum atomic E-state index is 11.3. The van der Waals surface area contributed by atoms with Crippen LogP contribution in [-0.4, -0.2) is 42.0 Å². The van der Waals surface area contributed by atoms with E-state index in [0.29, 0.717) is 18.0 Å². The maximum Gasteiger partial charge on any atom is 0.221 e. The van der Waals surface area contributed by atoms with Gasteiger partial charge in [-0.25, -0.2) is 0 Å². The molecule has 1 aliphatic heterocycles. The molecule has 1 fully saturated rings. The van der Waals surface area contributed by atoms with Gasteiger partial charge in [-0.15, -0.1) is 0 Å². The molecule has 0 bridgehead atoms. The fraction of sp³-hybridized carbons (Fsp3) is 0.833. The number of thiocarbonyl (C=S) groups is 1. The lowest BCUT2D eigenvalue weighted by Gasteiger charge is -2.38. The Morgan fingerprint density at radius 1 is 1.47 bits per heavy atom. The van der Waals surface area contributed by atoms with Gasteiger partial charge < -0.3 is 16.0 Å². The van der Waals surface area contributed by atoms with Gasteiger partial charge in [0, 0.05) is 24.9 Å². The predicted molar refractivity (Wildman–Crippen MR) is 73.9 cm³/mol. The van der Waals surface area contributed by atoms with Gasteiger partial charge in [0.05, 0.1) is 4.99 Å². The van der Waals surface area contributed by atoms with Crippen LogP contribution in [0.3, 0.4) is 0 Å². The first-order valence-electron chi connectivity index (χ1n) is 6.27. The van der Waals surface area contributed by atoms with E-state index in [1.807, 2.05) is 6.92 Å². The molecule has 0 saturated carbocycles. The minimum Gasteiger partial charge on any atom is -0.393 e. The van der Waals surface area contributed by atoms with Crippen molar-refractivity contribution in [2.75, 3.05) is 26.2 Å². The molecule has 0 atom stereocenters. The highest BCUT2D eigenvalue weighted by Crippen LogP contribution is 2.30. The monoisotopic (exact) mass is 257 g/mol. The number of amides is 1. The molecular weight excluding hydrogens is 234 g/mol. The zero-order valence-corrected chi connectivity index (χ0v) is 11.6. The van der Waals surface area contributed by atoms with Crippen LogP contribution in [0.2, 0.25) is 0 Å². The SMILES string of the molecule is CCNC(=O)CCN1CCC(C)(C(N)=S)CC1. The molecule has 0 aromatic carbocycles. The average molecular weight is 257 g/mol. The van der Waals surface area contributed by atoms with Crippen LogP contribution in [0.25, 0.3) is 0 Å². The average Bonchev–Trinajstić information content (AvgIpc) is 2.28. The highest BCUT2D eigenvalue weighted by Gasteiger charge is 2.32. The molecule has 0 aliphatic carbocycles. The number of hydrogen-bond acceptors (Lipinski definition) is 3. The first kappa shape index (κ1) is 14.4. The van der Waals surface area contributed by atoms with E-state index in [4.69, 9.17) is 18.0 Å². The zero-order chi connectivity index (χ0) is 12.9. The van der Waals surface area contributed by atoms with E-state index in [1.54, 1.807) is 0 Å². The molecule has 0 aromatic rings. The quantitative estimate of drug-likeness (QED) is 0.719. The van der Waals surface area contributed by atoms with Crippen LogP contribution in [0, 0.1) is 5.41 Å². The Bertz CT molecular complexity index is 285. The number of nitrogens with one attached hydrogen (secondary N) is 1. The second-order valence-electron chi connectivity index (χ2n) is 4.97. The molecule has 3 N–H and O–H groups in total. The molecular formula is C12H23N3OS. The van der Waals surface area contributed by atoms with Gasteiger partial charge in [0.2, 0.25) is 5.91 Å². The smallest absolute Gasteiger partial charge is 0.221 e. The van der Waals surface area contributed by atoms with Crippen molar-refractivity contribution in [2.24, 2.45) is 11.1 Å². The second kappa shape index (κ2) is 6.31. The van der Waals surface area contributed by atoms with E-state index in [-0.39, 0.29) is 11.3 Å². The summed E-state index contributed by atoms with van der Waals surface area (Å²) in [6.45, 7) is 7.57. The summed E-state index contributed by atoms with van der Waals surface area (Å²) in [4.78, 5) is 14.3. The Kier molecular flexibility index (Phi) is 5.33. The van der Waals surface area contributed by atoms with Gasteiger partial charge >= 0.3 is 0 Å². The topological polar surface area (TPSA) is 58.4 Å². The summed E-state index contributed by atoms with van der Waals surface area (Å²) in [6, 6.07) is 0. The van der Waals surface area contributed by atoms with E-state index in [1.165, 1.54) is 0 Å². The van der Waals surface area contributed by atoms with Crippen molar-refractivity contribution >= 4 is 23.1 Å². The number of piperidine rings is 1. The minimum atomic E-state index is 0.0114. The lowest BCUT2D eigenvalue weighted by atomic mass is 9.80. The van der Waals surface area contributed by atoms with E-state index in [2.05, 4.69) is 17.1 Å². The minimum absolute atomic E-state index is 0.0114. The molecule has 0 radical (unpaired) electrons. The Morgan fingerprint density at radius 3 is 2.53 bits per heavy atom. The summed E-state index contributed by atoms with van der Waals surface area (Å²) in [5.41, 5.74) is 5.77. The molecule has 17 heavy (non-hydrogen) atoms. The van der Waals surface area contributed by atoms with Crippen molar-refractivity contribution < 1.29 is 4.79 Å². The lowest BCUT2D eigenvalue weighted by Crippen LogP contribution is -2.45. The number of rotatable bonds is 5. The van der Waals surface area contributed by atoms with Crippen molar-refractivity contribution in [2.45, 2.75) is 33.1 Å². The molecule has 1 saturated heterocycles. The molecule has 1 amide bonds. The van der Waals surface area contributed by atoms with Crippen LogP contribution in [-0.2, 0) is 4.79 Å². The Hall–Kier alpha value is -0.680. The Balaban J connectivity index is 2.28.